The van der Waals surface area contributed by atoms with Crippen molar-refractivity contribution < 1.29 is 9.15 Å². The molecule has 0 N–H and O–H groups in total. The first-order valence-electron chi connectivity index (χ1n) is 11.5. The molecule has 5 aromatic rings. The monoisotopic (exact) mass is 459 g/mol. The molecule has 0 amide bonds. The lowest BCUT2D eigenvalue weighted by molar-refractivity contribution is -0.00710. The summed E-state index contributed by atoms with van der Waals surface area (Å²) in [6.07, 6.45) is 9.63. The first kappa shape index (κ1) is 20.8. The van der Waals surface area contributed by atoms with Crippen LogP contribution in [0.1, 0.15) is 32.2 Å². The highest BCUT2D eigenvalue weighted by atomic mass is 16.5. The predicted octanol–water partition coefficient (Wildman–Crippen LogP) is 3.47. The fraction of sp³-hybridized carbons (Fsp3) is 0.375. The van der Waals surface area contributed by atoms with Crippen molar-refractivity contribution in [3.05, 3.63) is 47.5 Å². The molecule has 0 saturated carbocycles. The van der Waals surface area contributed by atoms with Crippen LogP contribution in [-0.4, -0.2) is 46.6 Å². The molecule has 10 heteroatoms. The van der Waals surface area contributed by atoms with Gasteiger partial charge < -0.3 is 13.7 Å². The third kappa shape index (κ3) is 3.33. The Bertz CT molecular complexity index is 1570. The number of hydrogen-bond donors (Lipinski definition) is 0. The van der Waals surface area contributed by atoms with Gasteiger partial charge in [0.2, 0.25) is 0 Å². The van der Waals surface area contributed by atoms with Gasteiger partial charge in [-0.25, -0.2) is 14.8 Å². The standard InChI is InChI=1S/C24H25N7O3/c1-4-16-9-15(7-8-33-16)31-22-21-19(6-5-17(27-21)18-12-29(2)13-25-18)34-23(22)20(28-24(31)32)14-10-26-30(3)11-14/h5-6,10-13,15-16H,4,7-9H2,1-3H3. The van der Waals surface area contributed by atoms with Crippen LogP contribution in [0.25, 0.3) is 44.8 Å². The van der Waals surface area contributed by atoms with E-state index >= 15 is 0 Å². The number of ether oxygens (including phenoxy) is 1. The van der Waals surface area contributed by atoms with Gasteiger partial charge in [0, 0.05) is 44.7 Å². The van der Waals surface area contributed by atoms with Gasteiger partial charge in [0.25, 0.3) is 0 Å². The molecular weight excluding hydrogens is 434 g/mol. The number of imidazole rings is 1. The lowest BCUT2D eigenvalue weighted by Crippen LogP contribution is -2.34. The molecule has 1 saturated heterocycles. The van der Waals surface area contributed by atoms with Crippen molar-refractivity contribution in [3.63, 3.8) is 0 Å². The molecule has 0 aromatic carbocycles. The van der Waals surface area contributed by atoms with Crippen molar-refractivity contribution in [3.8, 4) is 22.6 Å². The van der Waals surface area contributed by atoms with E-state index in [0.29, 0.717) is 40.2 Å². The summed E-state index contributed by atoms with van der Waals surface area (Å²) in [6, 6.07) is 3.71. The van der Waals surface area contributed by atoms with E-state index in [1.54, 1.807) is 21.8 Å². The zero-order chi connectivity index (χ0) is 23.4. The van der Waals surface area contributed by atoms with Crippen LogP contribution in [0.15, 0.2) is 46.3 Å². The predicted molar refractivity (Wildman–Crippen MR) is 126 cm³/mol. The van der Waals surface area contributed by atoms with Crippen LogP contribution in [0.3, 0.4) is 0 Å². The summed E-state index contributed by atoms with van der Waals surface area (Å²) in [7, 11) is 3.75. The Balaban J connectivity index is 1.65. The summed E-state index contributed by atoms with van der Waals surface area (Å²) in [6.45, 7) is 2.70. The summed E-state index contributed by atoms with van der Waals surface area (Å²) in [5.74, 6) is 0. The number of aryl methyl sites for hydroxylation is 2. The molecule has 2 unspecified atom stereocenters. The van der Waals surface area contributed by atoms with Crippen molar-refractivity contribution in [2.75, 3.05) is 6.61 Å². The molecule has 0 radical (unpaired) electrons. The zero-order valence-electron chi connectivity index (χ0n) is 19.3. The van der Waals surface area contributed by atoms with Gasteiger partial charge >= 0.3 is 5.69 Å². The summed E-state index contributed by atoms with van der Waals surface area (Å²) in [5.41, 5.74) is 4.77. The number of hydrogen-bond acceptors (Lipinski definition) is 7. The minimum atomic E-state index is -0.319. The molecule has 2 atom stereocenters. The largest absolute Gasteiger partial charge is 0.450 e. The average Bonchev–Trinajstić information content (AvgIpc) is 3.57. The average molecular weight is 460 g/mol. The lowest BCUT2D eigenvalue weighted by Gasteiger charge is -2.30. The van der Waals surface area contributed by atoms with Gasteiger partial charge in [-0.1, -0.05) is 6.92 Å². The van der Waals surface area contributed by atoms with Gasteiger partial charge in [-0.2, -0.15) is 10.1 Å². The highest BCUT2D eigenvalue weighted by molar-refractivity contribution is 6.05. The van der Waals surface area contributed by atoms with Crippen molar-refractivity contribution in [2.45, 2.75) is 38.3 Å². The van der Waals surface area contributed by atoms with E-state index in [1.807, 2.05) is 43.2 Å². The van der Waals surface area contributed by atoms with Crippen LogP contribution in [-0.2, 0) is 18.8 Å². The van der Waals surface area contributed by atoms with E-state index < -0.39 is 0 Å². The molecule has 6 rings (SSSR count). The Kier molecular flexibility index (Phi) is 4.84. The normalized spacial score (nSPS) is 18.8. The molecule has 0 bridgehead atoms. The van der Waals surface area contributed by atoms with Crippen LogP contribution in [0.5, 0.6) is 0 Å². The Morgan fingerprint density at radius 2 is 2.03 bits per heavy atom. The quantitative estimate of drug-likeness (QED) is 0.405. The molecule has 0 aliphatic carbocycles. The molecule has 1 aliphatic rings. The lowest BCUT2D eigenvalue weighted by atomic mass is 10.0. The van der Waals surface area contributed by atoms with Gasteiger partial charge in [0.05, 0.1) is 24.3 Å². The molecule has 34 heavy (non-hydrogen) atoms. The maximum absolute atomic E-state index is 13.5. The van der Waals surface area contributed by atoms with E-state index in [0.717, 1.165) is 30.5 Å². The third-order valence-electron chi connectivity index (χ3n) is 6.48. The van der Waals surface area contributed by atoms with Crippen LogP contribution < -0.4 is 5.69 Å². The highest BCUT2D eigenvalue weighted by Crippen LogP contribution is 2.37. The minimum Gasteiger partial charge on any atom is -0.450 e. The fourth-order valence-electron chi connectivity index (χ4n) is 4.79. The SMILES string of the molecule is CCC1CC(n2c(=O)nc(-c3cnn(C)c3)c3oc4ccc(-c5cn(C)cn5)nc4c32)CCO1. The topological polar surface area (TPSA) is 106 Å². The first-order valence-corrected chi connectivity index (χ1v) is 11.5. The molecule has 6 heterocycles. The third-order valence-corrected chi connectivity index (χ3v) is 6.48. The molecule has 1 fully saturated rings. The van der Waals surface area contributed by atoms with Crippen LogP contribution in [0, 0.1) is 0 Å². The van der Waals surface area contributed by atoms with E-state index in [-0.39, 0.29) is 17.8 Å². The van der Waals surface area contributed by atoms with Crippen LogP contribution in [0.2, 0.25) is 0 Å². The number of aromatic nitrogens is 7. The van der Waals surface area contributed by atoms with E-state index in [2.05, 4.69) is 22.0 Å². The Labute approximate surface area is 194 Å². The van der Waals surface area contributed by atoms with Crippen molar-refractivity contribution in [2.24, 2.45) is 14.1 Å². The fourth-order valence-corrected chi connectivity index (χ4v) is 4.79. The van der Waals surface area contributed by atoms with Gasteiger partial charge in [0.15, 0.2) is 11.2 Å². The Hall–Kier alpha value is -3.79. The first-order chi connectivity index (χ1) is 16.5. The number of nitrogens with zero attached hydrogens (tertiary/aromatic N) is 7. The van der Waals surface area contributed by atoms with E-state index in [4.69, 9.17) is 14.1 Å². The van der Waals surface area contributed by atoms with Gasteiger partial charge in [0.1, 0.15) is 22.4 Å². The second-order valence-electron chi connectivity index (χ2n) is 8.84. The summed E-state index contributed by atoms with van der Waals surface area (Å²) < 4.78 is 17.5. The minimum absolute atomic E-state index is 0.0507. The van der Waals surface area contributed by atoms with Crippen LogP contribution >= 0.6 is 0 Å². The van der Waals surface area contributed by atoms with Crippen LogP contribution in [0.4, 0.5) is 0 Å². The molecule has 0 spiro atoms. The highest BCUT2D eigenvalue weighted by Gasteiger charge is 2.29. The van der Waals surface area contributed by atoms with E-state index in [1.165, 1.54) is 0 Å². The van der Waals surface area contributed by atoms with Gasteiger partial charge in [-0.05, 0) is 31.4 Å². The molecule has 5 aromatic heterocycles. The smallest absolute Gasteiger partial charge is 0.349 e. The molecule has 10 nitrogen and oxygen atoms in total. The molecule has 1 aliphatic heterocycles. The second kappa shape index (κ2) is 7.91. The van der Waals surface area contributed by atoms with Crippen molar-refractivity contribution in [1.29, 1.82) is 0 Å². The zero-order valence-corrected chi connectivity index (χ0v) is 19.3. The summed E-state index contributed by atoms with van der Waals surface area (Å²) in [5, 5.41) is 4.26. The maximum Gasteiger partial charge on any atom is 0.349 e. The van der Waals surface area contributed by atoms with Gasteiger partial charge in [-0.15, -0.1) is 0 Å². The number of rotatable bonds is 4. The number of pyridine rings is 1. The molecular formula is C24H25N7O3. The van der Waals surface area contributed by atoms with Gasteiger partial charge in [-0.3, -0.25) is 9.25 Å². The van der Waals surface area contributed by atoms with E-state index in [9.17, 15) is 4.79 Å². The maximum atomic E-state index is 13.5. The summed E-state index contributed by atoms with van der Waals surface area (Å²) in [4.78, 5) is 27.3. The second-order valence-corrected chi connectivity index (χ2v) is 8.84. The summed E-state index contributed by atoms with van der Waals surface area (Å²) >= 11 is 0. The van der Waals surface area contributed by atoms with Crippen molar-refractivity contribution in [1.82, 2.24) is 33.9 Å². The Morgan fingerprint density at radius 1 is 1.15 bits per heavy atom. The van der Waals surface area contributed by atoms with Crippen molar-refractivity contribution >= 4 is 22.2 Å². The molecule has 174 valence electrons. The number of furan rings is 1. The number of fused-ring (bicyclic) bond motifs is 3. The Morgan fingerprint density at radius 3 is 2.76 bits per heavy atom.